The van der Waals surface area contributed by atoms with Crippen molar-refractivity contribution in [3.05, 3.63) is 335 Å². The topological polar surface area (TPSA) is 37.8 Å². The zero-order chi connectivity index (χ0) is 59.5. The summed E-state index contributed by atoms with van der Waals surface area (Å²) in [6.07, 6.45) is 0.828. The number of allylic oxidation sites excluding steroid dienone is 1. The second-order valence-corrected chi connectivity index (χ2v) is 24.2. The molecular formula is C84H61N5. The maximum atomic E-state index is 6.13. The Morgan fingerprint density at radius 2 is 0.989 bits per heavy atom. The van der Waals surface area contributed by atoms with Gasteiger partial charge in [0.2, 0.25) is 5.96 Å². The predicted octanol–water partition coefficient (Wildman–Crippen LogP) is 21.5. The molecule has 0 saturated heterocycles. The van der Waals surface area contributed by atoms with Gasteiger partial charge in [0.05, 0.1) is 38.9 Å². The number of hydrogen-bond acceptors (Lipinski definition) is 2. The first-order valence-corrected chi connectivity index (χ1v) is 30.9. The number of para-hydroxylation sites is 4. The summed E-state index contributed by atoms with van der Waals surface area (Å²) in [6, 6.07) is 105. The fraction of sp³-hybridized carbons (Fsp3) is 0.0714. The first-order chi connectivity index (χ1) is 43.8. The van der Waals surface area contributed by atoms with Gasteiger partial charge in [-0.05, 0) is 165 Å². The zero-order valence-electron chi connectivity index (χ0n) is 50.1. The van der Waals surface area contributed by atoms with Crippen LogP contribution in [0.25, 0.3) is 93.2 Å². The largest absolute Gasteiger partial charge is 0.310 e. The normalized spacial score (nSPS) is 14.5. The van der Waals surface area contributed by atoms with E-state index in [0.717, 1.165) is 89.8 Å². The van der Waals surface area contributed by atoms with Crippen molar-refractivity contribution in [1.29, 1.82) is 0 Å². The van der Waals surface area contributed by atoms with E-state index in [1.807, 2.05) is 0 Å². The lowest BCUT2D eigenvalue weighted by Gasteiger charge is -2.49. The smallest absolute Gasteiger partial charge is 0.236 e. The molecule has 1 spiro atoms. The zero-order valence-corrected chi connectivity index (χ0v) is 50.1. The van der Waals surface area contributed by atoms with Crippen molar-refractivity contribution >= 4 is 99.7 Å². The second kappa shape index (κ2) is 20.5. The van der Waals surface area contributed by atoms with Crippen LogP contribution in [0.1, 0.15) is 65.3 Å². The molecule has 0 saturated carbocycles. The van der Waals surface area contributed by atoms with Crippen molar-refractivity contribution in [1.82, 2.24) is 9.13 Å². The van der Waals surface area contributed by atoms with Gasteiger partial charge in [-0.15, -0.1) is 0 Å². The summed E-state index contributed by atoms with van der Waals surface area (Å²) in [6.45, 7) is 8.84. The predicted molar refractivity (Wildman–Crippen MR) is 375 cm³/mol. The molecule has 13 aromatic carbocycles. The molecule has 17 rings (SSSR count). The monoisotopic (exact) mass is 1140 g/mol. The standard InChI is InChI=1S/C84H61N5/c1-53(2)82(89-76-46-21-16-38-66(76)69-49-48-61(54(3)81(69)89)64-36-14-12-29-59(64)50-56-26-7-5-8-27-56)86-83(85-55(4)62-40-23-30-57-28-11-13-35-63(57)62)88-75-45-20-17-39-67(75)70-51-74-79(52-78(70)88)87(60-33-9-6-10-34-60)77-47-22-19-43-72(77)84(74)71-42-18-15-37-65(71)68-41-24-31-58-32-25-44-73(84)80(58)68/h5-49,51-52H,50H2,1-4H3. The van der Waals surface area contributed by atoms with Crippen molar-refractivity contribution in [3.8, 4) is 22.3 Å². The molecule has 1 unspecified atom stereocenters. The molecule has 0 N–H and O–H groups in total. The fourth-order valence-electron chi connectivity index (χ4n) is 15.3. The van der Waals surface area contributed by atoms with Crippen LogP contribution < -0.4 is 4.90 Å². The van der Waals surface area contributed by atoms with E-state index in [1.54, 1.807) is 0 Å². The third-order valence-corrected chi connectivity index (χ3v) is 19.1. The Balaban J connectivity index is 0.983. The summed E-state index contributed by atoms with van der Waals surface area (Å²) in [5.74, 6) is 1.37. The summed E-state index contributed by atoms with van der Waals surface area (Å²) in [4.78, 5) is 14.6. The Bertz CT molecular complexity index is 5510. The summed E-state index contributed by atoms with van der Waals surface area (Å²) < 4.78 is 4.78. The summed E-state index contributed by atoms with van der Waals surface area (Å²) in [7, 11) is 0. The average Bonchev–Trinajstić information content (AvgIpc) is 1.19. The van der Waals surface area contributed by atoms with Crippen LogP contribution in [0.3, 0.4) is 0 Å². The van der Waals surface area contributed by atoms with Gasteiger partial charge in [-0.3, -0.25) is 9.13 Å². The minimum atomic E-state index is -0.719. The molecule has 1 aliphatic carbocycles. The third-order valence-electron chi connectivity index (χ3n) is 19.1. The molecule has 5 nitrogen and oxygen atoms in total. The van der Waals surface area contributed by atoms with Crippen molar-refractivity contribution in [2.24, 2.45) is 9.98 Å². The molecule has 0 fully saturated rings. The van der Waals surface area contributed by atoms with Crippen LogP contribution in [0, 0.1) is 6.92 Å². The van der Waals surface area contributed by atoms with Gasteiger partial charge < -0.3 is 4.90 Å². The minimum Gasteiger partial charge on any atom is -0.310 e. The number of hydrogen-bond donors (Lipinski definition) is 0. The van der Waals surface area contributed by atoms with Gasteiger partial charge >= 0.3 is 0 Å². The molecule has 1 aliphatic heterocycles. The number of rotatable bonds is 7. The number of anilines is 3. The Morgan fingerprint density at radius 3 is 1.79 bits per heavy atom. The molecular weight excluding hydrogens is 1080 g/mol. The highest BCUT2D eigenvalue weighted by Gasteiger charge is 2.50. The van der Waals surface area contributed by atoms with Gasteiger partial charge in [0.1, 0.15) is 5.82 Å². The molecule has 422 valence electrons. The average molecular weight is 1140 g/mol. The van der Waals surface area contributed by atoms with E-state index in [4.69, 9.17) is 9.98 Å². The molecule has 89 heavy (non-hydrogen) atoms. The number of aliphatic imine (C=N–C) groups is 2. The molecule has 0 radical (unpaired) electrons. The summed E-state index contributed by atoms with van der Waals surface area (Å²) >= 11 is 0. The molecule has 0 bridgehead atoms. The Hall–Kier alpha value is -11.1. The Morgan fingerprint density at radius 1 is 0.393 bits per heavy atom. The van der Waals surface area contributed by atoms with Crippen molar-refractivity contribution < 1.29 is 0 Å². The van der Waals surface area contributed by atoms with Crippen LogP contribution in [0.4, 0.5) is 17.1 Å². The lowest BCUT2D eigenvalue weighted by atomic mass is 9.57. The minimum absolute atomic E-state index is 0.560. The summed E-state index contributed by atoms with van der Waals surface area (Å²) in [5, 5.41) is 9.39. The van der Waals surface area contributed by atoms with E-state index >= 15 is 0 Å². The maximum absolute atomic E-state index is 6.13. The van der Waals surface area contributed by atoms with E-state index in [0.29, 0.717) is 5.96 Å². The number of benzene rings is 13. The maximum Gasteiger partial charge on any atom is 0.236 e. The highest BCUT2D eigenvalue weighted by atomic mass is 15.2. The lowest BCUT2D eigenvalue weighted by molar-refractivity contribution is 0.737. The SMILES string of the molecule is CC(=NC(=NC(=C(C)C)n1c2ccccc2c2ccc(-c3ccccc3Cc3ccccc3)c(C)c21)n1c2ccccc2c2cc3c(cc21)N(c1ccccc1)c1ccccc1C31c2ccccc2-c2cccc3cccc1c23)c1cccc2ccccc12. The van der Waals surface area contributed by atoms with E-state index in [1.165, 1.54) is 82.7 Å². The number of aromatic nitrogens is 2. The lowest BCUT2D eigenvalue weighted by Crippen LogP contribution is -2.39. The highest BCUT2D eigenvalue weighted by molar-refractivity contribution is 6.21. The number of aryl methyl sites for hydroxylation is 1. The van der Waals surface area contributed by atoms with Gasteiger partial charge in [-0.25, -0.2) is 4.99 Å². The molecule has 0 amide bonds. The quantitative estimate of drug-likeness (QED) is 0.116. The van der Waals surface area contributed by atoms with Crippen LogP contribution in [0.5, 0.6) is 0 Å². The van der Waals surface area contributed by atoms with E-state index in [9.17, 15) is 0 Å². The van der Waals surface area contributed by atoms with Crippen LogP contribution in [0.15, 0.2) is 301 Å². The third kappa shape index (κ3) is 7.88. The van der Waals surface area contributed by atoms with Gasteiger partial charge in [0.15, 0.2) is 0 Å². The molecule has 1 atom stereocenters. The van der Waals surface area contributed by atoms with E-state index < -0.39 is 5.41 Å². The Kier molecular flexibility index (Phi) is 12.0. The molecule has 2 aromatic heterocycles. The molecule has 15 aromatic rings. The van der Waals surface area contributed by atoms with Crippen molar-refractivity contribution in [2.45, 2.75) is 39.5 Å². The highest BCUT2D eigenvalue weighted by Crippen LogP contribution is 2.63. The van der Waals surface area contributed by atoms with Gasteiger partial charge in [0, 0.05) is 38.5 Å². The molecule has 2 aliphatic rings. The van der Waals surface area contributed by atoms with E-state index in [-0.39, 0.29) is 0 Å². The summed E-state index contributed by atoms with van der Waals surface area (Å²) in [5.41, 5.74) is 23.5. The van der Waals surface area contributed by atoms with Crippen LogP contribution >= 0.6 is 0 Å². The van der Waals surface area contributed by atoms with Gasteiger partial charge in [0.25, 0.3) is 0 Å². The van der Waals surface area contributed by atoms with Crippen molar-refractivity contribution in [2.75, 3.05) is 4.90 Å². The fourth-order valence-corrected chi connectivity index (χ4v) is 15.3. The number of nitrogens with zero attached hydrogens (tertiary/aromatic N) is 5. The molecule has 3 heterocycles. The van der Waals surface area contributed by atoms with Crippen molar-refractivity contribution in [3.63, 3.8) is 0 Å². The first-order valence-electron chi connectivity index (χ1n) is 30.9. The van der Waals surface area contributed by atoms with Crippen LogP contribution in [0.2, 0.25) is 0 Å². The van der Waals surface area contributed by atoms with Crippen LogP contribution in [-0.2, 0) is 11.8 Å². The van der Waals surface area contributed by atoms with Gasteiger partial charge in [-0.2, -0.15) is 4.99 Å². The molecule has 5 heteroatoms. The Labute approximate surface area is 517 Å². The van der Waals surface area contributed by atoms with Gasteiger partial charge in [-0.1, -0.05) is 243 Å². The second-order valence-electron chi connectivity index (χ2n) is 24.2. The van der Waals surface area contributed by atoms with E-state index in [2.05, 4.69) is 327 Å². The van der Waals surface area contributed by atoms with Crippen LogP contribution in [-0.4, -0.2) is 20.8 Å². The number of fused-ring (bicyclic) bond motifs is 15. The first kappa shape index (κ1) is 52.2.